The summed E-state index contributed by atoms with van der Waals surface area (Å²) in [5.41, 5.74) is 0.840. The van der Waals surface area contributed by atoms with E-state index in [0.717, 1.165) is 10.0 Å². The lowest BCUT2D eigenvalue weighted by Gasteiger charge is -2.27. The van der Waals surface area contributed by atoms with E-state index in [1.807, 2.05) is 6.07 Å². The van der Waals surface area contributed by atoms with Crippen LogP contribution < -0.4 is 4.74 Å². The van der Waals surface area contributed by atoms with E-state index in [1.54, 1.807) is 19.2 Å². The average molecular weight is 347 g/mol. The molecule has 0 N–H and O–H groups in total. The maximum Gasteiger partial charge on any atom is 0.248 e. The molecule has 0 heterocycles. The summed E-state index contributed by atoms with van der Waals surface area (Å²) in [5.74, 6) is -2.11. The SMILES string of the molecule is COc1ccc(Br)c(CC(=O)C2CCC(F)(F)CC2)c1. The van der Waals surface area contributed by atoms with Crippen LogP contribution in [-0.4, -0.2) is 18.8 Å². The Morgan fingerprint density at radius 3 is 2.65 bits per heavy atom. The number of halogens is 3. The fourth-order valence-corrected chi connectivity index (χ4v) is 2.89. The van der Waals surface area contributed by atoms with E-state index in [-0.39, 0.29) is 43.8 Å². The molecule has 0 unspecified atom stereocenters. The molecule has 0 amide bonds. The van der Waals surface area contributed by atoms with Crippen LogP contribution in [0.5, 0.6) is 5.75 Å². The second-order valence-electron chi connectivity index (χ2n) is 5.23. The zero-order chi connectivity index (χ0) is 14.8. The smallest absolute Gasteiger partial charge is 0.248 e. The number of ketones is 1. The highest BCUT2D eigenvalue weighted by atomic mass is 79.9. The first kappa shape index (κ1) is 15.4. The molecule has 0 aromatic heterocycles. The van der Waals surface area contributed by atoms with Crippen LogP contribution in [0.15, 0.2) is 22.7 Å². The van der Waals surface area contributed by atoms with Crippen molar-refractivity contribution in [2.45, 2.75) is 38.0 Å². The predicted octanol–water partition coefficient (Wildman–Crippen LogP) is 4.39. The monoisotopic (exact) mass is 346 g/mol. The minimum atomic E-state index is -2.59. The van der Waals surface area contributed by atoms with E-state index in [4.69, 9.17) is 4.74 Å². The molecule has 1 aliphatic rings. The first-order valence-electron chi connectivity index (χ1n) is 6.64. The fourth-order valence-electron chi connectivity index (χ4n) is 2.51. The van der Waals surface area contributed by atoms with Crippen molar-refractivity contribution in [1.82, 2.24) is 0 Å². The second-order valence-corrected chi connectivity index (χ2v) is 6.08. The first-order valence-corrected chi connectivity index (χ1v) is 7.43. The molecule has 2 nitrogen and oxygen atoms in total. The highest BCUT2D eigenvalue weighted by Gasteiger charge is 2.37. The van der Waals surface area contributed by atoms with E-state index in [2.05, 4.69) is 15.9 Å². The van der Waals surface area contributed by atoms with Gasteiger partial charge in [0.1, 0.15) is 11.5 Å². The summed E-state index contributed by atoms with van der Waals surface area (Å²) in [5, 5.41) is 0. The van der Waals surface area contributed by atoms with Crippen LogP contribution in [0.1, 0.15) is 31.2 Å². The van der Waals surface area contributed by atoms with Gasteiger partial charge in [0.2, 0.25) is 5.92 Å². The highest BCUT2D eigenvalue weighted by molar-refractivity contribution is 9.10. The van der Waals surface area contributed by atoms with Gasteiger partial charge in [0.15, 0.2) is 0 Å². The van der Waals surface area contributed by atoms with Crippen LogP contribution in [-0.2, 0) is 11.2 Å². The Morgan fingerprint density at radius 2 is 2.05 bits per heavy atom. The van der Waals surface area contributed by atoms with Crippen molar-refractivity contribution < 1.29 is 18.3 Å². The van der Waals surface area contributed by atoms with Crippen LogP contribution in [0.4, 0.5) is 8.78 Å². The normalized spacial score (nSPS) is 18.8. The number of rotatable bonds is 4. The second kappa shape index (κ2) is 6.20. The molecule has 0 saturated heterocycles. The Balaban J connectivity index is 2.01. The number of Topliss-reactive ketones (excluding diaryl/α,β-unsaturated/α-hetero) is 1. The molecule has 0 spiro atoms. The highest BCUT2D eigenvalue weighted by Crippen LogP contribution is 2.37. The zero-order valence-electron chi connectivity index (χ0n) is 11.3. The quantitative estimate of drug-likeness (QED) is 0.807. The van der Waals surface area contributed by atoms with Crippen LogP contribution in [0.25, 0.3) is 0 Å². The number of carbonyl (C=O) groups is 1. The third-order valence-electron chi connectivity index (χ3n) is 3.79. The summed E-state index contributed by atoms with van der Waals surface area (Å²) < 4.78 is 32.2. The maximum absolute atomic E-state index is 13.1. The van der Waals surface area contributed by atoms with Gasteiger partial charge in [0.05, 0.1) is 7.11 Å². The third-order valence-corrected chi connectivity index (χ3v) is 4.56. The van der Waals surface area contributed by atoms with Crippen molar-refractivity contribution in [3.8, 4) is 5.75 Å². The molecule has 5 heteroatoms. The molecule has 1 aromatic carbocycles. The van der Waals surface area contributed by atoms with E-state index in [9.17, 15) is 13.6 Å². The Bertz CT molecular complexity index is 493. The molecule has 1 saturated carbocycles. The van der Waals surface area contributed by atoms with Crippen molar-refractivity contribution >= 4 is 21.7 Å². The lowest BCUT2D eigenvalue weighted by atomic mass is 9.82. The van der Waals surface area contributed by atoms with Crippen LogP contribution in [0.2, 0.25) is 0 Å². The topological polar surface area (TPSA) is 26.3 Å². The van der Waals surface area contributed by atoms with Gasteiger partial charge < -0.3 is 4.74 Å². The molecule has 1 fully saturated rings. The zero-order valence-corrected chi connectivity index (χ0v) is 12.9. The molecule has 0 bridgehead atoms. The maximum atomic E-state index is 13.1. The van der Waals surface area contributed by atoms with E-state index >= 15 is 0 Å². The van der Waals surface area contributed by atoms with Crippen molar-refractivity contribution in [3.63, 3.8) is 0 Å². The summed E-state index contributed by atoms with van der Waals surface area (Å²) in [6.07, 6.45) is 0.472. The molecular weight excluding hydrogens is 330 g/mol. The summed E-state index contributed by atoms with van der Waals surface area (Å²) in [7, 11) is 1.57. The molecular formula is C15H17BrF2O2. The van der Waals surface area contributed by atoms with Crippen LogP contribution in [0, 0.1) is 5.92 Å². The summed E-state index contributed by atoms with van der Waals surface area (Å²) in [4.78, 5) is 12.2. The number of ether oxygens (including phenoxy) is 1. The van der Waals surface area contributed by atoms with Crippen molar-refractivity contribution in [1.29, 1.82) is 0 Å². The number of benzene rings is 1. The summed E-state index contributed by atoms with van der Waals surface area (Å²) >= 11 is 3.40. The molecule has 20 heavy (non-hydrogen) atoms. The number of carbonyl (C=O) groups excluding carboxylic acids is 1. The van der Waals surface area contributed by atoms with Gasteiger partial charge in [-0.3, -0.25) is 4.79 Å². The van der Waals surface area contributed by atoms with Crippen molar-refractivity contribution in [2.24, 2.45) is 5.92 Å². The van der Waals surface area contributed by atoms with E-state index < -0.39 is 5.92 Å². The predicted molar refractivity (Wildman–Crippen MR) is 76.3 cm³/mol. The number of hydrogen-bond acceptors (Lipinski definition) is 2. The fraction of sp³-hybridized carbons (Fsp3) is 0.533. The minimum Gasteiger partial charge on any atom is -0.497 e. The average Bonchev–Trinajstić information content (AvgIpc) is 2.41. The van der Waals surface area contributed by atoms with Gasteiger partial charge in [0.25, 0.3) is 0 Å². The number of methoxy groups -OCH3 is 1. The van der Waals surface area contributed by atoms with Crippen molar-refractivity contribution in [2.75, 3.05) is 7.11 Å². The first-order chi connectivity index (χ1) is 9.41. The lowest BCUT2D eigenvalue weighted by molar-refractivity contribution is -0.126. The van der Waals surface area contributed by atoms with Gasteiger partial charge in [-0.2, -0.15) is 0 Å². The Morgan fingerprint density at radius 1 is 1.40 bits per heavy atom. The largest absolute Gasteiger partial charge is 0.497 e. The molecule has 0 radical (unpaired) electrons. The van der Waals surface area contributed by atoms with Gasteiger partial charge in [0, 0.05) is 29.7 Å². The Kier molecular flexibility index (Phi) is 4.78. The summed E-state index contributed by atoms with van der Waals surface area (Å²) in [6.45, 7) is 0. The number of hydrogen-bond donors (Lipinski definition) is 0. The van der Waals surface area contributed by atoms with Gasteiger partial charge in [-0.25, -0.2) is 8.78 Å². The van der Waals surface area contributed by atoms with E-state index in [1.165, 1.54) is 0 Å². The minimum absolute atomic E-state index is 0.0365. The third kappa shape index (κ3) is 3.78. The van der Waals surface area contributed by atoms with Gasteiger partial charge in [-0.05, 0) is 36.6 Å². The lowest BCUT2D eigenvalue weighted by Crippen LogP contribution is -2.29. The molecule has 0 aliphatic heterocycles. The summed E-state index contributed by atoms with van der Waals surface area (Å²) in [6, 6.07) is 5.44. The van der Waals surface area contributed by atoms with Crippen molar-refractivity contribution in [3.05, 3.63) is 28.2 Å². The van der Waals surface area contributed by atoms with Crippen LogP contribution >= 0.6 is 15.9 Å². The molecule has 0 atom stereocenters. The number of alkyl halides is 2. The van der Waals surface area contributed by atoms with Gasteiger partial charge >= 0.3 is 0 Å². The van der Waals surface area contributed by atoms with Gasteiger partial charge in [-0.1, -0.05) is 15.9 Å². The molecule has 110 valence electrons. The molecule has 1 aromatic rings. The standard InChI is InChI=1S/C15H17BrF2O2/c1-20-12-2-3-13(16)11(8-12)9-14(19)10-4-6-15(17,18)7-5-10/h2-3,8,10H,4-7,9H2,1H3. The molecule has 2 rings (SSSR count). The van der Waals surface area contributed by atoms with E-state index in [0.29, 0.717) is 5.75 Å². The Hall–Kier alpha value is -0.970. The molecule has 1 aliphatic carbocycles. The van der Waals surface area contributed by atoms with Crippen LogP contribution in [0.3, 0.4) is 0 Å². The van der Waals surface area contributed by atoms with Gasteiger partial charge in [-0.15, -0.1) is 0 Å². The Labute approximate surface area is 125 Å².